The van der Waals surface area contributed by atoms with Crippen molar-refractivity contribution in [2.45, 2.75) is 0 Å². The molecular formula is C14H11NO3S. The quantitative estimate of drug-likeness (QED) is 0.873. The van der Waals surface area contributed by atoms with Crippen molar-refractivity contribution in [1.29, 1.82) is 0 Å². The number of aromatic nitrogens is 1. The molecule has 0 aliphatic carbocycles. The molecule has 1 heterocycles. The SMILES string of the molecule is COCC#Cc1sc(-c2ccccc2)nc1C(=O)O. The van der Waals surface area contributed by atoms with E-state index in [2.05, 4.69) is 16.8 Å². The topological polar surface area (TPSA) is 59.4 Å². The molecule has 0 saturated heterocycles. The number of rotatable bonds is 3. The number of ether oxygens (including phenoxy) is 1. The number of carbonyl (C=O) groups is 1. The molecule has 0 amide bonds. The minimum Gasteiger partial charge on any atom is -0.476 e. The van der Waals surface area contributed by atoms with Gasteiger partial charge < -0.3 is 9.84 Å². The van der Waals surface area contributed by atoms with Gasteiger partial charge in [0.1, 0.15) is 16.5 Å². The van der Waals surface area contributed by atoms with E-state index < -0.39 is 5.97 Å². The third kappa shape index (κ3) is 3.19. The molecular weight excluding hydrogens is 262 g/mol. The van der Waals surface area contributed by atoms with Gasteiger partial charge in [0, 0.05) is 12.7 Å². The van der Waals surface area contributed by atoms with Crippen LogP contribution in [0.15, 0.2) is 30.3 Å². The van der Waals surface area contributed by atoms with Crippen molar-refractivity contribution in [1.82, 2.24) is 4.98 Å². The zero-order valence-corrected chi connectivity index (χ0v) is 11.0. The van der Waals surface area contributed by atoms with Gasteiger partial charge in [0.05, 0.1) is 0 Å². The van der Waals surface area contributed by atoms with Crippen LogP contribution >= 0.6 is 11.3 Å². The minimum atomic E-state index is -1.07. The summed E-state index contributed by atoms with van der Waals surface area (Å²) in [6.45, 7) is 0.262. The van der Waals surface area contributed by atoms with Crippen LogP contribution in [-0.4, -0.2) is 29.8 Å². The molecule has 0 radical (unpaired) electrons. The summed E-state index contributed by atoms with van der Waals surface area (Å²) in [6, 6.07) is 9.43. The molecule has 2 aromatic rings. The lowest BCUT2D eigenvalue weighted by molar-refractivity contribution is 0.0691. The molecule has 1 aromatic heterocycles. The molecule has 0 fully saturated rings. The Kier molecular flexibility index (Phi) is 4.29. The predicted octanol–water partition coefficient (Wildman–Crippen LogP) is 2.51. The number of benzene rings is 1. The average Bonchev–Trinajstić information content (AvgIpc) is 2.84. The van der Waals surface area contributed by atoms with Crippen molar-refractivity contribution in [3.63, 3.8) is 0 Å². The molecule has 0 aliphatic heterocycles. The number of carboxylic acids is 1. The van der Waals surface area contributed by atoms with Gasteiger partial charge >= 0.3 is 5.97 Å². The summed E-state index contributed by atoms with van der Waals surface area (Å²) >= 11 is 1.27. The van der Waals surface area contributed by atoms with E-state index in [1.165, 1.54) is 18.4 Å². The number of thiazole rings is 1. The fourth-order valence-corrected chi connectivity index (χ4v) is 2.38. The Bertz CT molecular complexity index is 638. The molecule has 5 heteroatoms. The molecule has 96 valence electrons. The first-order valence-corrected chi connectivity index (χ1v) is 6.31. The maximum atomic E-state index is 11.1. The molecule has 0 spiro atoms. The molecule has 0 atom stereocenters. The lowest BCUT2D eigenvalue weighted by atomic mass is 10.2. The second-order valence-electron chi connectivity index (χ2n) is 3.60. The van der Waals surface area contributed by atoms with Gasteiger partial charge in [-0.2, -0.15) is 0 Å². The number of hydrogen-bond donors (Lipinski definition) is 1. The van der Waals surface area contributed by atoms with Crippen LogP contribution in [0.4, 0.5) is 0 Å². The second kappa shape index (κ2) is 6.14. The number of methoxy groups -OCH3 is 1. The Hall–Kier alpha value is -2.16. The van der Waals surface area contributed by atoms with E-state index in [4.69, 9.17) is 9.84 Å². The van der Waals surface area contributed by atoms with Gasteiger partial charge in [-0.25, -0.2) is 9.78 Å². The highest BCUT2D eigenvalue weighted by molar-refractivity contribution is 7.15. The zero-order chi connectivity index (χ0) is 13.7. The van der Waals surface area contributed by atoms with Crippen molar-refractivity contribution in [2.24, 2.45) is 0 Å². The van der Waals surface area contributed by atoms with Crippen LogP contribution in [0.25, 0.3) is 10.6 Å². The highest BCUT2D eigenvalue weighted by Crippen LogP contribution is 2.27. The van der Waals surface area contributed by atoms with Crippen molar-refractivity contribution in [3.05, 3.63) is 40.9 Å². The molecule has 4 nitrogen and oxygen atoms in total. The molecule has 0 aliphatic rings. The summed E-state index contributed by atoms with van der Waals surface area (Å²) in [5, 5.41) is 9.78. The average molecular weight is 273 g/mol. The number of carboxylic acid groups (broad SMARTS) is 1. The number of hydrogen-bond acceptors (Lipinski definition) is 4. The lowest BCUT2D eigenvalue weighted by Crippen LogP contribution is -1.99. The predicted molar refractivity (Wildman–Crippen MR) is 73.3 cm³/mol. The molecule has 0 unspecified atom stereocenters. The van der Waals surface area contributed by atoms with Crippen molar-refractivity contribution in [2.75, 3.05) is 13.7 Å². The van der Waals surface area contributed by atoms with Gasteiger partial charge in [-0.1, -0.05) is 42.2 Å². The summed E-state index contributed by atoms with van der Waals surface area (Å²) in [5.74, 6) is 4.46. The van der Waals surface area contributed by atoms with E-state index in [0.717, 1.165) is 5.56 Å². The van der Waals surface area contributed by atoms with Gasteiger partial charge in [-0.05, 0) is 0 Å². The molecule has 2 rings (SSSR count). The molecule has 0 saturated carbocycles. The van der Waals surface area contributed by atoms with Crippen LogP contribution in [0.3, 0.4) is 0 Å². The van der Waals surface area contributed by atoms with Gasteiger partial charge in [-0.15, -0.1) is 11.3 Å². The number of nitrogens with zero attached hydrogens (tertiary/aromatic N) is 1. The highest BCUT2D eigenvalue weighted by atomic mass is 32.1. The zero-order valence-electron chi connectivity index (χ0n) is 10.2. The van der Waals surface area contributed by atoms with Crippen LogP contribution in [0.2, 0.25) is 0 Å². The van der Waals surface area contributed by atoms with Crippen molar-refractivity contribution >= 4 is 17.3 Å². The first-order valence-electron chi connectivity index (χ1n) is 5.49. The van der Waals surface area contributed by atoms with E-state index in [1.54, 1.807) is 0 Å². The standard InChI is InChI=1S/C14H11NO3S/c1-18-9-5-8-11-12(14(16)17)15-13(19-11)10-6-3-2-4-7-10/h2-4,6-7H,9H2,1H3,(H,16,17). The van der Waals surface area contributed by atoms with E-state index in [1.807, 2.05) is 30.3 Å². The highest BCUT2D eigenvalue weighted by Gasteiger charge is 2.16. The second-order valence-corrected chi connectivity index (χ2v) is 4.60. The lowest BCUT2D eigenvalue weighted by Gasteiger charge is -1.92. The Balaban J connectivity index is 2.42. The summed E-state index contributed by atoms with van der Waals surface area (Å²) < 4.78 is 4.82. The van der Waals surface area contributed by atoms with Crippen molar-refractivity contribution < 1.29 is 14.6 Å². The van der Waals surface area contributed by atoms with E-state index in [0.29, 0.717) is 9.88 Å². The van der Waals surface area contributed by atoms with Gasteiger partial charge in [-0.3, -0.25) is 0 Å². The minimum absolute atomic E-state index is 0.00699. The van der Waals surface area contributed by atoms with Crippen LogP contribution in [0.1, 0.15) is 15.4 Å². The van der Waals surface area contributed by atoms with Crippen LogP contribution in [0.5, 0.6) is 0 Å². The Morgan fingerprint density at radius 3 is 2.79 bits per heavy atom. The fraction of sp³-hybridized carbons (Fsp3) is 0.143. The van der Waals surface area contributed by atoms with Gasteiger partial charge in [0.2, 0.25) is 0 Å². The molecule has 19 heavy (non-hydrogen) atoms. The summed E-state index contributed by atoms with van der Waals surface area (Å²) in [5.41, 5.74) is 0.877. The first-order chi connectivity index (χ1) is 9.22. The third-order valence-corrected chi connectivity index (χ3v) is 3.29. The van der Waals surface area contributed by atoms with Gasteiger partial charge in [0.25, 0.3) is 0 Å². The van der Waals surface area contributed by atoms with Crippen LogP contribution in [-0.2, 0) is 4.74 Å². The van der Waals surface area contributed by atoms with E-state index in [-0.39, 0.29) is 12.3 Å². The molecule has 0 bridgehead atoms. The fourth-order valence-electron chi connectivity index (χ4n) is 1.44. The Morgan fingerprint density at radius 1 is 1.42 bits per heavy atom. The molecule has 1 aromatic carbocycles. The third-order valence-electron chi connectivity index (χ3n) is 2.27. The molecule has 1 N–H and O–H groups in total. The smallest absolute Gasteiger partial charge is 0.356 e. The van der Waals surface area contributed by atoms with Gasteiger partial charge in [0.15, 0.2) is 5.69 Å². The van der Waals surface area contributed by atoms with Crippen molar-refractivity contribution in [3.8, 4) is 22.4 Å². The number of aromatic carboxylic acids is 1. The first kappa shape index (κ1) is 13.3. The maximum absolute atomic E-state index is 11.1. The normalized spacial score (nSPS) is 9.74. The Labute approximate surface area is 114 Å². The Morgan fingerprint density at radius 2 is 2.16 bits per heavy atom. The summed E-state index contributed by atoms with van der Waals surface area (Å²) in [6.07, 6.45) is 0. The monoisotopic (exact) mass is 273 g/mol. The summed E-state index contributed by atoms with van der Waals surface area (Å²) in [7, 11) is 1.54. The van der Waals surface area contributed by atoms with E-state index in [9.17, 15) is 4.79 Å². The van der Waals surface area contributed by atoms with E-state index >= 15 is 0 Å². The largest absolute Gasteiger partial charge is 0.476 e. The van der Waals surface area contributed by atoms with Crippen LogP contribution < -0.4 is 0 Å². The maximum Gasteiger partial charge on any atom is 0.356 e. The van der Waals surface area contributed by atoms with Crippen LogP contribution in [0, 0.1) is 11.8 Å². The summed E-state index contributed by atoms with van der Waals surface area (Å²) in [4.78, 5) is 15.7.